The van der Waals surface area contributed by atoms with E-state index in [4.69, 9.17) is 5.11 Å². The van der Waals surface area contributed by atoms with Gasteiger partial charge < -0.3 is 5.11 Å². The molecule has 1 aliphatic heterocycles. The molecule has 1 aromatic heterocycles. The van der Waals surface area contributed by atoms with E-state index in [0.29, 0.717) is 11.8 Å². The summed E-state index contributed by atoms with van der Waals surface area (Å²) in [5.74, 6) is 0.105. The van der Waals surface area contributed by atoms with Gasteiger partial charge in [0.1, 0.15) is 0 Å². The van der Waals surface area contributed by atoms with E-state index in [0.717, 1.165) is 38.3 Å². The molecule has 0 radical (unpaired) electrons. The summed E-state index contributed by atoms with van der Waals surface area (Å²) in [5.41, 5.74) is 2.38. The van der Waals surface area contributed by atoms with Gasteiger partial charge >= 0.3 is 5.97 Å². The van der Waals surface area contributed by atoms with Crippen molar-refractivity contribution in [1.82, 2.24) is 14.7 Å². The highest BCUT2D eigenvalue weighted by atomic mass is 16.4. The Morgan fingerprint density at radius 3 is 2.74 bits per heavy atom. The predicted molar refractivity (Wildman–Crippen MR) is 70.6 cm³/mol. The smallest absolute Gasteiger partial charge is 0.307 e. The van der Waals surface area contributed by atoms with Crippen LogP contribution in [0.1, 0.15) is 24.6 Å². The van der Waals surface area contributed by atoms with Crippen molar-refractivity contribution in [3.05, 3.63) is 17.5 Å². The standard InChI is InChI=1S/C14H21N3O2/c1-3-4-17-6-10(9(2)15-17)5-16-7-11-12(8-16)13(11)14(18)19/h6,11-13H,3-5,7-8H2,1-2H3,(H,18,19)/t11-,12+,13?. The van der Waals surface area contributed by atoms with Gasteiger partial charge in [-0.25, -0.2) is 0 Å². The number of hydrogen-bond donors (Lipinski definition) is 1. The third-order valence-electron chi connectivity index (χ3n) is 4.45. The minimum atomic E-state index is -0.610. The van der Waals surface area contributed by atoms with Crippen molar-refractivity contribution in [3.8, 4) is 0 Å². The van der Waals surface area contributed by atoms with Gasteiger partial charge in [0.05, 0.1) is 11.6 Å². The average molecular weight is 263 g/mol. The van der Waals surface area contributed by atoms with Crippen LogP contribution < -0.4 is 0 Å². The SMILES string of the molecule is CCCn1cc(CN2C[C@@H]3C(C(=O)O)[C@@H]3C2)c(C)n1. The van der Waals surface area contributed by atoms with Crippen LogP contribution in [0.3, 0.4) is 0 Å². The number of nitrogens with zero attached hydrogens (tertiary/aromatic N) is 3. The zero-order valence-corrected chi connectivity index (χ0v) is 11.5. The largest absolute Gasteiger partial charge is 0.481 e. The predicted octanol–water partition coefficient (Wildman–Crippen LogP) is 1.36. The van der Waals surface area contributed by atoms with Crippen LogP contribution in [0.25, 0.3) is 0 Å². The zero-order chi connectivity index (χ0) is 13.6. The Hall–Kier alpha value is -1.36. The van der Waals surface area contributed by atoms with E-state index in [1.54, 1.807) is 0 Å². The minimum Gasteiger partial charge on any atom is -0.481 e. The average Bonchev–Trinajstić information content (AvgIpc) is 2.67. The number of hydrogen-bond acceptors (Lipinski definition) is 3. The number of aromatic nitrogens is 2. The summed E-state index contributed by atoms with van der Waals surface area (Å²) in [4.78, 5) is 13.3. The van der Waals surface area contributed by atoms with Crippen LogP contribution in [-0.2, 0) is 17.9 Å². The van der Waals surface area contributed by atoms with E-state index in [9.17, 15) is 4.79 Å². The molecule has 104 valence electrons. The molecule has 3 rings (SSSR count). The molecule has 3 atom stereocenters. The summed E-state index contributed by atoms with van der Waals surface area (Å²) in [6.45, 7) is 7.94. The second-order valence-electron chi connectivity index (χ2n) is 5.89. The molecule has 2 fully saturated rings. The topological polar surface area (TPSA) is 58.4 Å². The van der Waals surface area contributed by atoms with E-state index >= 15 is 0 Å². The molecule has 1 saturated heterocycles. The van der Waals surface area contributed by atoms with Crippen molar-refractivity contribution < 1.29 is 9.90 Å². The Bertz CT molecular complexity index is 485. The first kappa shape index (κ1) is 12.7. The lowest BCUT2D eigenvalue weighted by molar-refractivity contribution is -0.139. The van der Waals surface area contributed by atoms with Crippen molar-refractivity contribution >= 4 is 5.97 Å². The molecule has 5 nitrogen and oxygen atoms in total. The Morgan fingerprint density at radius 1 is 1.47 bits per heavy atom. The van der Waals surface area contributed by atoms with Crippen LogP contribution in [0.5, 0.6) is 0 Å². The lowest BCUT2D eigenvalue weighted by atomic mass is 10.2. The van der Waals surface area contributed by atoms with E-state index in [1.807, 2.05) is 4.68 Å². The Labute approximate surface area is 113 Å². The molecule has 0 bridgehead atoms. The second kappa shape index (κ2) is 4.63. The van der Waals surface area contributed by atoms with Gasteiger partial charge in [0, 0.05) is 37.9 Å². The third-order valence-corrected chi connectivity index (χ3v) is 4.45. The molecule has 2 aliphatic rings. The highest BCUT2D eigenvalue weighted by Gasteiger charge is 2.59. The fraction of sp³-hybridized carbons (Fsp3) is 0.714. The van der Waals surface area contributed by atoms with E-state index in [2.05, 4.69) is 30.0 Å². The Kier molecular flexibility index (Phi) is 3.09. The van der Waals surface area contributed by atoms with Crippen LogP contribution in [0, 0.1) is 24.7 Å². The van der Waals surface area contributed by atoms with Gasteiger partial charge in [-0.1, -0.05) is 6.92 Å². The van der Waals surface area contributed by atoms with E-state index < -0.39 is 5.97 Å². The van der Waals surface area contributed by atoms with E-state index in [1.165, 1.54) is 5.56 Å². The van der Waals surface area contributed by atoms with Crippen LogP contribution in [-0.4, -0.2) is 38.8 Å². The summed E-state index contributed by atoms with van der Waals surface area (Å²) < 4.78 is 2.02. The molecule has 0 amide bonds. The molecule has 0 aromatic carbocycles. The molecule has 19 heavy (non-hydrogen) atoms. The molecule has 2 heterocycles. The molecular weight excluding hydrogens is 242 g/mol. The molecule has 1 aromatic rings. The van der Waals surface area contributed by atoms with Gasteiger partial charge in [-0.3, -0.25) is 14.4 Å². The maximum Gasteiger partial charge on any atom is 0.307 e. The lowest BCUT2D eigenvalue weighted by Gasteiger charge is -2.17. The van der Waals surface area contributed by atoms with Crippen LogP contribution in [0.4, 0.5) is 0 Å². The van der Waals surface area contributed by atoms with Gasteiger partial charge in [-0.2, -0.15) is 5.10 Å². The number of carbonyl (C=O) groups is 1. The van der Waals surface area contributed by atoms with Gasteiger partial charge in [0.2, 0.25) is 0 Å². The van der Waals surface area contributed by atoms with Crippen molar-refractivity contribution in [2.24, 2.45) is 17.8 Å². The van der Waals surface area contributed by atoms with Gasteiger partial charge in [-0.05, 0) is 25.2 Å². The van der Waals surface area contributed by atoms with Crippen LogP contribution in [0.15, 0.2) is 6.20 Å². The van der Waals surface area contributed by atoms with Crippen molar-refractivity contribution in [3.63, 3.8) is 0 Å². The summed E-state index contributed by atoms with van der Waals surface area (Å²) in [6.07, 6.45) is 3.23. The number of fused-ring (bicyclic) bond motifs is 1. The molecule has 1 aliphatic carbocycles. The molecule has 1 N–H and O–H groups in total. The fourth-order valence-electron chi connectivity index (χ4n) is 3.41. The fourth-order valence-corrected chi connectivity index (χ4v) is 3.41. The number of likely N-dealkylation sites (tertiary alicyclic amines) is 1. The van der Waals surface area contributed by atoms with Crippen molar-refractivity contribution in [2.45, 2.75) is 33.4 Å². The van der Waals surface area contributed by atoms with Crippen molar-refractivity contribution in [1.29, 1.82) is 0 Å². The Morgan fingerprint density at radius 2 is 2.16 bits per heavy atom. The normalized spacial score (nSPS) is 29.5. The highest BCUT2D eigenvalue weighted by Crippen LogP contribution is 2.51. The maximum atomic E-state index is 10.9. The zero-order valence-electron chi connectivity index (χ0n) is 11.5. The summed E-state index contributed by atoms with van der Waals surface area (Å²) in [6, 6.07) is 0. The van der Waals surface area contributed by atoms with E-state index in [-0.39, 0.29) is 5.92 Å². The first-order chi connectivity index (χ1) is 9.10. The quantitative estimate of drug-likeness (QED) is 0.871. The highest BCUT2D eigenvalue weighted by molar-refractivity contribution is 5.74. The summed E-state index contributed by atoms with van der Waals surface area (Å²) in [7, 11) is 0. The molecule has 1 saturated carbocycles. The number of carboxylic acid groups (broad SMARTS) is 1. The molecule has 1 unspecified atom stereocenters. The van der Waals surface area contributed by atoms with Gasteiger partial charge in [0.15, 0.2) is 0 Å². The first-order valence-electron chi connectivity index (χ1n) is 7.08. The molecule has 0 spiro atoms. The van der Waals surface area contributed by atoms with Crippen LogP contribution >= 0.6 is 0 Å². The number of aryl methyl sites for hydroxylation is 2. The van der Waals surface area contributed by atoms with Gasteiger partial charge in [0.25, 0.3) is 0 Å². The van der Waals surface area contributed by atoms with Crippen LogP contribution in [0.2, 0.25) is 0 Å². The number of rotatable bonds is 5. The molecule has 5 heteroatoms. The molecular formula is C14H21N3O2. The third kappa shape index (κ3) is 2.27. The van der Waals surface area contributed by atoms with Crippen molar-refractivity contribution in [2.75, 3.05) is 13.1 Å². The summed E-state index contributed by atoms with van der Waals surface area (Å²) >= 11 is 0. The number of aliphatic carboxylic acids is 1. The first-order valence-corrected chi connectivity index (χ1v) is 7.08. The Balaban J connectivity index is 1.58. The number of carboxylic acids is 1. The minimum absolute atomic E-state index is 0.0693. The summed E-state index contributed by atoms with van der Waals surface area (Å²) in [5, 5.41) is 13.5. The number of piperidine rings is 1. The monoisotopic (exact) mass is 263 g/mol. The maximum absolute atomic E-state index is 10.9. The second-order valence-corrected chi connectivity index (χ2v) is 5.89. The lowest BCUT2D eigenvalue weighted by Crippen LogP contribution is -2.26. The van der Waals surface area contributed by atoms with Gasteiger partial charge in [-0.15, -0.1) is 0 Å².